The maximum absolute atomic E-state index is 6.13. The molecule has 0 aliphatic carbocycles. The second kappa shape index (κ2) is 6.88. The van der Waals surface area contributed by atoms with Crippen LogP contribution in [0.5, 0.6) is 0 Å². The van der Waals surface area contributed by atoms with Crippen molar-refractivity contribution >= 4 is 8.32 Å². The zero-order chi connectivity index (χ0) is 13.7. The molecule has 1 unspecified atom stereocenters. The summed E-state index contributed by atoms with van der Waals surface area (Å²) in [5.41, 5.74) is 0. The Morgan fingerprint density at radius 3 is 1.88 bits per heavy atom. The van der Waals surface area contributed by atoms with E-state index in [1.165, 1.54) is 0 Å². The van der Waals surface area contributed by atoms with E-state index in [2.05, 4.69) is 40.8 Å². The molecular formula is C13H30O3Si. The van der Waals surface area contributed by atoms with Crippen molar-refractivity contribution in [3.63, 3.8) is 0 Å². The van der Waals surface area contributed by atoms with Crippen LogP contribution < -0.4 is 0 Å². The van der Waals surface area contributed by atoms with E-state index < -0.39 is 8.32 Å². The van der Waals surface area contributed by atoms with E-state index in [0.29, 0.717) is 5.92 Å². The first kappa shape index (κ1) is 17.1. The zero-order valence-corrected chi connectivity index (χ0v) is 13.8. The van der Waals surface area contributed by atoms with Gasteiger partial charge in [0, 0.05) is 26.7 Å². The van der Waals surface area contributed by atoms with Gasteiger partial charge in [0.25, 0.3) is 0 Å². The minimum atomic E-state index is -1.61. The van der Waals surface area contributed by atoms with E-state index >= 15 is 0 Å². The Balaban J connectivity index is 4.07. The van der Waals surface area contributed by atoms with E-state index in [4.69, 9.17) is 13.9 Å². The number of ether oxygens (including phenoxy) is 2. The van der Waals surface area contributed by atoms with Crippen molar-refractivity contribution < 1.29 is 13.9 Å². The lowest BCUT2D eigenvalue weighted by Gasteiger charge is -2.36. The Labute approximate surface area is 108 Å². The lowest BCUT2D eigenvalue weighted by atomic mass is 10.1. The molecule has 3 nitrogen and oxygen atoms in total. The average Bonchev–Trinajstić information content (AvgIpc) is 2.17. The van der Waals surface area contributed by atoms with Gasteiger partial charge in [-0.2, -0.15) is 0 Å². The van der Waals surface area contributed by atoms with Crippen LogP contribution in [0.3, 0.4) is 0 Å². The molecule has 0 N–H and O–H groups in total. The van der Waals surface area contributed by atoms with Crippen molar-refractivity contribution in [2.24, 2.45) is 5.92 Å². The summed E-state index contributed by atoms with van der Waals surface area (Å²) in [6.45, 7) is 14.3. The Morgan fingerprint density at radius 1 is 1.06 bits per heavy atom. The molecule has 1 atom stereocenters. The summed E-state index contributed by atoms with van der Waals surface area (Å²) in [5, 5.41) is 0.276. The second-order valence-electron chi connectivity index (χ2n) is 6.21. The molecule has 17 heavy (non-hydrogen) atoms. The first-order valence-corrected chi connectivity index (χ1v) is 9.26. The third-order valence-electron chi connectivity index (χ3n) is 3.77. The Bertz CT molecular complexity index is 207. The highest BCUT2D eigenvalue weighted by molar-refractivity contribution is 6.74. The Morgan fingerprint density at radius 2 is 1.53 bits per heavy atom. The molecule has 0 amide bonds. The first-order chi connectivity index (χ1) is 7.65. The Hall–Kier alpha value is 0.0969. The van der Waals surface area contributed by atoms with Crippen molar-refractivity contribution in [3.8, 4) is 0 Å². The largest absolute Gasteiger partial charge is 0.417 e. The molecule has 0 aromatic rings. The summed E-state index contributed by atoms with van der Waals surface area (Å²) >= 11 is 0. The van der Waals surface area contributed by atoms with Crippen molar-refractivity contribution in [3.05, 3.63) is 0 Å². The molecule has 104 valence electrons. The fourth-order valence-corrected chi connectivity index (χ4v) is 2.47. The van der Waals surface area contributed by atoms with E-state index in [1.54, 1.807) is 14.2 Å². The second-order valence-corrected chi connectivity index (χ2v) is 11.0. The molecule has 0 aliphatic rings. The quantitative estimate of drug-likeness (QED) is 0.518. The number of hydrogen-bond donors (Lipinski definition) is 0. The molecule has 0 aromatic heterocycles. The molecule has 0 spiro atoms. The van der Waals surface area contributed by atoms with Crippen LogP contribution in [0.2, 0.25) is 18.1 Å². The van der Waals surface area contributed by atoms with Crippen LogP contribution in [0.1, 0.15) is 34.1 Å². The van der Waals surface area contributed by atoms with Crippen molar-refractivity contribution in [2.45, 2.75) is 58.5 Å². The standard InChI is InChI=1S/C13H30O3Si/c1-11(12(14-5)15-6)9-10-16-17(7,8)13(2,3)4/h11-12H,9-10H2,1-8H3. The summed E-state index contributed by atoms with van der Waals surface area (Å²) in [5.74, 6) is 0.356. The van der Waals surface area contributed by atoms with E-state index in [9.17, 15) is 0 Å². The molecule has 0 saturated carbocycles. The third kappa shape index (κ3) is 5.51. The van der Waals surface area contributed by atoms with Gasteiger partial charge in [-0.15, -0.1) is 0 Å². The highest BCUT2D eigenvalue weighted by atomic mass is 28.4. The maximum atomic E-state index is 6.13. The number of rotatable bonds is 7. The SMILES string of the molecule is COC(OC)C(C)CCO[Si](C)(C)C(C)(C)C. The van der Waals surface area contributed by atoms with E-state index in [-0.39, 0.29) is 11.3 Å². The predicted octanol–water partition coefficient (Wildman–Crippen LogP) is 3.65. The summed E-state index contributed by atoms with van der Waals surface area (Å²) in [4.78, 5) is 0. The lowest BCUT2D eigenvalue weighted by molar-refractivity contribution is -0.135. The summed E-state index contributed by atoms with van der Waals surface area (Å²) in [6, 6.07) is 0. The minimum Gasteiger partial charge on any atom is -0.417 e. The van der Waals surface area contributed by atoms with E-state index in [0.717, 1.165) is 13.0 Å². The molecule has 0 aromatic carbocycles. The van der Waals surface area contributed by atoms with Gasteiger partial charge in [-0.1, -0.05) is 27.7 Å². The zero-order valence-electron chi connectivity index (χ0n) is 12.8. The third-order valence-corrected chi connectivity index (χ3v) is 8.31. The summed E-state index contributed by atoms with van der Waals surface area (Å²) < 4.78 is 16.6. The monoisotopic (exact) mass is 262 g/mol. The fourth-order valence-electron chi connectivity index (χ4n) is 1.41. The van der Waals surface area contributed by atoms with Gasteiger partial charge in [0.2, 0.25) is 0 Å². The van der Waals surface area contributed by atoms with Crippen LogP contribution in [-0.4, -0.2) is 35.4 Å². The molecule has 0 rings (SSSR count). The number of hydrogen-bond acceptors (Lipinski definition) is 3. The van der Waals surface area contributed by atoms with E-state index in [1.807, 2.05) is 0 Å². The van der Waals surface area contributed by atoms with Crippen LogP contribution in [0.15, 0.2) is 0 Å². The normalized spacial score (nSPS) is 15.4. The smallest absolute Gasteiger partial charge is 0.191 e. The van der Waals surface area contributed by atoms with Gasteiger partial charge >= 0.3 is 0 Å². The lowest BCUT2D eigenvalue weighted by Crippen LogP contribution is -2.41. The van der Waals surface area contributed by atoms with Crippen molar-refractivity contribution in [1.29, 1.82) is 0 Å². The van der Waals surface area contributed by atoms with Gasteiger partial charge in [-0.05, 0) is 24.6 Å². The molecule has 0 heterocycles. The van der Waals surface area contributed by atoms with Crippen LogP contribution in [0, 0.1) is 5.92 Å². The molecule has 0 saturated heterocycles. The highest BCUT2D eigenvalue weighted by Crippen LogP contribution is 2.36. The fraction of sp³-hybridized carbons (Fsp3) is 1.00. The van der Waals surface area contributed by atoms with Crippen molar-refractivity contribution in [2.75, 3.05) is 20.8 Å². The minimum absolute atomic E-state index is 0.127. The molecule has 4 heteroatoms. The first-order valence-electron chi connectivity index (χ1n) is 6.35. The topological polar surface area (TPSA) is 27.7 Å². The van der Waals surface area contributed by atoms with Crippen LogP contribution in [0.4, 0.5) is 0 Å². The summed E-state index contributed by atoms with van der Waals surface area (Å²) in [7, 11) is 1.75. The van der Waals surface area contributed by atoms with Crippen molar-refractivity contribution in [1.82, 2.24) is 0 Å². The molecular weight excluding hydrogens is 232 g/mol. The summed E-state index contributed by atoms with van der Waals surface area (Å²) in [6.07, 6.45) is 0.844. The van der Waals surface area contributed by atoms with Gasteiger partial charge in [-0.25, -0.2) is 0 Å². The molecule has 0 bridgehead atoms. The van der Waals surface area contributed by atoms with Crippen LogP contribution in [-0.2, 0) is 13.9 Å². The van der Waals surface area contributed by atoms with Crippen LogP contribution >= 0.6 is 0 Å². The predicted molar refractivity (Wildman–Crippen MR) is 74.7 cm³/mol. The molecule has 0 aliphatic heterocycles. The average molecular weight is 262 g/mol. The Kier molecular flexibility index (Phi) is 6.92. The van der Waals surface area contributed by atoms with Gasteiger partial charge in [0.05, 0.1) is 0 Å². The molecule has 0 radical (unpaired) electrons. The van der Waals surface area contributed by atoms with Gasteiger partial charge in [0.1, 0.15) is 0 Å². The van der Waals surface area contributed by atoms with Crippen LogP contribution in [0.25, 0.3) is 0 Å². The highest BCUT2D eigenvalue weighted by Gasteiger charge is 2.37. The van der Waals surface area contributed by atoms with Gasteiger partial charge < -0.3 is 13.9 Å². The van der Waals surface area contributed by atoms with Gasteiger partial charge in [-0.3, -0.25) is 0 Å². The molecule has 0 fully saturated rings. The van der Waals surface area contributed by atoms with Gasteiger partial charge in [0.15, 0.2) is 14.6 Å². The number of methoxy groups -OCH3 is 2. The maximum Gasteiger partial charge on any atom is 0.191 e.